The summed E-state index contributed by atoms with van der Waals surface area (Å²) in [5.41, 5.74) is 1.61. The van der Waals surface area contributed by atoms with Crippen molar-refractivity contribution in [2.75, 3.05) is 27.2 Å². The molecule has 0 unspecified atom stereocenters. The number of allylic oxidation sites excluding steroid dienone is 1. The SMILES string of the molecule is CN(C)C(=O)CCCNCCC1=CCCC1. The monoisotopic (exact) mass is 224 g/mol. The second-order valence-corrected chi connectivity index (χ2v) is 4.65. The summed E-state index contributed by atoms with van der Waals surface area (Å²) < 4.78 is 0. The van der Waals surface area contributed by atoms with Gasteiger partial charge in [-0.25, -0.2) is 0 Å². The number of rotatable bonds is 7. The highest BCUT2D eigenvalue weighted by atomic mass is 16.2. The summed E-state index contributed by atoms with van der Waals surface area (Å²) in [6.45, 7) is 2.01. The molecule has 0 radical (unpaired) electrons. The molecule has 0 spiro atoms. The summed E-state index contributed by atoms with van der Waals surface area (Å²) in [7, 11) is 3.62. The van der Waals surface area contributed by atoms with Gasteiger partial charge in [-0.1, -0.05) is 11.6 Å². The third-order valence-corrected chi connectivity index (χ3v) is 3.00. The number of carbonyl (C=O) groups excluding carboxylic acids is 1. The minimum absolute atomic E-state index is 0.223. The predicted octanol–water partition coefficient (Wildman–Crippen LogP) is 1.94. The zero-order chi connectivity index (χ0) is 11.8. The molecule has 0 aromatic rings. The van der Waals surface area contributed by atoms with E-state index in [-0.39, 0.29) is 5.91 Å². The predicted molar refractivity (Wildman–Crippen MR) is 67.3 cm³/mol. The minimum atomic E-state index is 0.223. The van der Waals surface area contributed by atoms with Gasteiger partial charge in [0.2, 0.25) is 5.91 Å². The lowest BCUT2D eigenvalue weighted by molar-refractivity contribution is -0.128. The van der Waals surface area contributed by atoms with E-state index in [0.29, 0.717) is 6.42 Å². The van der Waals surface area contributed by atoms with Crippen molar-refractivity contribution in [2.45, 2.75) is 38.5 Å². The average Bonchev–Trinajstić information content (AvgIpc) is 2.75. The van der Waals surface area contributed by atoms with E-state index in [0.717, 1.165) is 19.5 Å². The summed E-state index contributed by atoms with van der Waals surface area (Å²) in [5.74, 6) is 0.223. The van der Waals surface area contributed by atoms with Crippen molar-refractivity contribution in [2.24, 2.45) is 0 Å². The van der Waals surface area contributed by atoms with E-state index in [2.05, 4.69) is 11.4 Å². The molecule has 1 aliphatic carbocycles. The number of nitrogens with zero attached hydrogens (tertiary/aromatic N) is 1. The third kappa shape index (κ3) is 5.31. The van der Waals surface area contributed by atoms with Crippen molar-refractivity contribution in [3.05, 3.63) is 11.6 Å². The molecule has 0 saturated carbocycles. The van der Waals surface area contributed by atoms with Gasteiger partial charge in [0.15, 0.2) is 0 Å². The molecule has 0 bridgehead atoms. The molecule has 0 aromatic heterocycles. The van der Waals surface area contributed by atoms with Crippen LogP contribution >= 0.6 is 0 Å². The van der Waals surface area contributed by atoms with Crippen LogP contribution in [0.25, 0.3) is 0 Å². The fraction of sp³-hybridized carbons (Fsp3) is 0.769. The molecule has 92 valence electrons. The van der Waals surface area contributed by atoms with Crippen molar-refractivity contribution >= 4 is 5.91 Å². The van der Waals surface area contributed by atoms with Gasteiger partial charge in [-0.05, 0) is 45.2 Å². The van der Waals surface area contributed by atoms with Crippen LogP contribution in [0.4, 0.5) is 0 Å². The number of hydrogen-bond acceptors (Lipinski definition) is 2. The molecule has 0 aliphatic heterocycles. The Morgan fingerprint density at radius 1 is 1.44 bits per heavy atom. The lowest BCUT2D eigenvalue weighted by Crippen LogP contribution is -2.23. The molecule has 1 amide bonds. The topological polar surface area (TPSA) is 32.3 Å². The van der Waals surface area contributed by atoms with Crippen LogP contribution in [0.3, 0.4) is 0 Å². The fourth-order valence-corrected chi connectivity index (χ4v) is 1.93. The van der Waals surface area contributed by atoms with Gasteiger partial charge in [0.25, 0.3) is 0 Å². The Morgan fingerprint density at radius 3 is 2.88 bits per heavy atom. The molecule has 1 aliphatic rings. The highest BCUT2D eigenvalue weighted by Gasteiger charge is 2.04. The Kier molecular flexibility index (Phi) is 6.16. The zero-order valence-electron chi connectivity index (χ0n) is 10.6. The first-order valence-electron chi connectivity index (χ1n) is 6.29. The first kappa shape index (κ1) is 13.2. The molecule has 0 saturated heterocycles. The van der Waals surface area contributed by atoms with Crippen LogP contribution < -0.4 is 5.32 Å². The quantitative estimate of drug-likeness (QED) is 0.529. The van der Waals surface area contributed by atoms with Gasteiger partial charge in [0, 0.05) is 20.5 Å². The smallest absolute Gasteiger partial charge is 0.222 e. The Balaban J connectivity index is 1.90. The van der Waals surface area contributed by atoms with Crippen molar-refractivity contribution < 1.29 is 4.79 Å². The number of carbonyl (C=O) groups is 1. The second kappa shape index (κ2) is 7.44. The molecular formula is C13H24N2O. The molecule has 0 aromatic carbocycles. The first-order chi connectivity index (χ1) is 7.70. The van der Waals surface area contributed by atoms with E-state index >= 15 is 0 Å². The second-order valence-electron chi connectivity index (χ2n) is 4.65. The summed E-state index contributed by atoms with van der Waals surface area (Å²) >= 11 is 0. The zero-order valence-corrected chi connectivity index (χ0v) is 10.6. The highest BCUT2D eigenvalue weighted by Crippen LogP contribution is 2.19. The van der Waals surface area contributed by atoms with Crippen molar-refractivity contribution in [3.8, 4) is 0 Å². The van der Waals surface area contributed by atoms with Crippen LogP contribution in [0.1, 0.15) is 38.5 Å². The van der Waals surface area contributed by atoms with Crippen molar-refractivity contribution in [3.63, 3.8) is 0 Å². The van der Waals surface area contributed by atoms with Crippen LogP contribution in [0, 0.1) is 0 Å². The van der Waals surface area contributed by atoms with Gasteiger partial charge >= 0.3 is 0 Å². The van der Waals surface area contributed by atoms with Gasteiger partial charge in [-0.15, -0.1) is 0 Å². The molecule has 0 fully saturated rings. The molecular weight excluding hydrogens is 200 g/mol. The van der Waals surface area contributed by atoms with Gasteiger partial charge in [0.05, 0.1) is 0 Å². The normalized spacial score (nSPS) is 15.0. The van der Waals surface area contributed by atoms with Gasteiger partial charge in [-0.3, -0.25) is 4.79 Å². The van der Waals surface area contributed by atoms with Crippen LogP contribution in [-0.4, -0.2) is 38.0 Å². The third-order valence-electron chi connectivity index (χ3n) is 3.00. The first-order valence-corrected chi connectivity index (χ1v) is 6.29. The van der Waals surface area contributed by atoms with Gasteiger partial charge in [0.1, 0.15) is 0 Å². The maximum atomic E-state index is 11.3. The Labute approximate surface area is 98.9 Å². The standard InChI is InChI=1S/C13H24N2O/c1-15(2)13(16)8-5-10-14-11-9-12-6-3-4-7-12/h6,14H,3-5,7-11H2,1-2H3. The summed E-state index contributed by atoms with van der Waals surface area (Å²) in [6.07, 6.45) is 9.05. The molecule has 3 nitrogen and oxygen atoms in total. The summed E-state index contributed by atoms with van der Waals surface area (Å²) in [6, 6.07) is 0. The minimum Gasteiger partial charge on any atom is -0.349 e. The maximum absolute atomic E-state index is 11.3. The molecule has 16 heavy (non-hydrogen) atoms. The Morgan fingerprint density at radius 2 is 2.25 bits per heavy atom. The van der Waals surface area contributed by atoms with Crippen molar-refractivity contribution in [1.82, 2.24) is 10.2 Å². The van der Waals surface area contributed by atoms with Crippen LogP contribution in [0.15, 0.2) is 11.6 Å². The van der Waals surface area contributed by atoms with Crippen LogP contribution in [0.5, 0.6) is 0 Å². The molecule has 1 rings (SSSR count). The van der Waals surface area contributed by atoms with Gasteiger partial charge < -0.3 is 10.2 Å². The Bertz CT molecular complexity index is 246. The average molecular weight is 224 g/mol. The summed E-state index contributed by atoms with van der Waals surface area (Å²) in [4.78, 5) is 12.9. The molecule has 0 heterocycles. The van der Waals surface area contributed by atoms with E-state index in [1.807, 2.05) is 14.1 Å². The van der Waals surface area contributed by atoms with E-state index in [4.69, 9.17) is 0 Å². The van der Waals surface area contributed by atoms with Crippen LogP contribution in [0.2, 0.25) is 0 Å². The number of hydrogen-bond donors (Lipinski definition) is 1. The Hall–Kier alpha value is -0.830. The van der Waals surface area contributed by atoms with E-state index in [9.17, 15) is 4.79 Å². The number of amides is 1. The number of nitrogens with one attached hydrogen (secondary N) is 1. The van der Waals surface area contributed by atoms with Gasteiger partial charge in [-0.2, -0.15) is 0 Å². The molecule has 0 atom stereocenters. The van der Waals surface area contributed by atoms with E-state index < -0.39 is 0 Å². The van der Waals surface area contributed by atoms with E-state index in [1.165, 1.54) is 25.7 Å². The van der Waals surface area contributed by atoms with Crippen molar-refractivity contribution in [1.29, 1.82) is 0 Å². The summed E-state index contributed by atoms with van der Waals surface area (Å²) in [5, 5.41) is 3.39. The molecule has 1 N–H and O–H groups in total. The highest BCUT2D eigenvalue weighted by molar-refractivity contribution is 5.75. The fourth-order valence-electron chi connectivity index (χ4n) is 1.93. The lowest BCUT2D eigenvalue weighted by atomic mass is 10.1. The van der Waals surface area contributed by atoms with E-state index in [1.54, 1.807) is 10.5 Å². The van der Waals surface area contributed by atoms with Crippen LogP contribution in [-0.2, 0) is 4.79 Å². The maximum Gasteiger partial charge on any atom is 0.222 e. The largest absolute Gasteiger partial charge is 0.349 e. The molecule has 3 heteroatoms. The lowest BCUT2D eigenvalue weighted by Gasteiger charge is -2.10.